The van der Waals surface area contributed by atoms with Crippen molar-refractivity contribution >= 4 is 23.5 Å². The minimum atomic E-state index is -2.96. The monoisotopic (exact) mass is 481 g/mol. The Hall–Kier alpha value is -0.810. The number of carboxylic acids is 2. The Morgan fingerprint density at radius 2 is 1.59 bits per heavy atom. The molecule has 0 fully saturated rings. The van der Waals surface area contributed by atoms with Gasteiger partial charge in [-0.25, -0.2) is 0 Å². The molecule has 2 aromatic carbocycles. The second-order valence-corrected chi connectivity index (χ2v) is 7.27. The Morgan fingerprint density at radius 3 is 2.06 bits per heavy atom. The minimum absolute atomic E-state index is 0. The molecule has 1 aliphatic heterocycles. The summed E-state index contributed by atoms with van der Waals surface area (Å²) in [5, 5.41) is 35.2. The van der Waals surface area contributed by atoms with E-state index in [1.54, 1.807) is 13.0 Å². The molecular formula is C21H22ClNNa2O7. The van der Waals surface area contributed by atoms with Gasteiger partial charge in [-0.2, -0.15) is 0 Å². The second kappa shape index (κ2) is 14.5. The Balaban J connectivity index is 0.000000913. The van der Waals surface area contributed by atoms with Crippen LogP contribution in [-0.4, -0.2) is 41.5 Å². The van der Waals surface area contributed by atoms with E-state index in [2.05, 4.69) is 5.32 Å². The van der Waals surface area contributed by atoms with Crippen LogP contribution >= 0.6 is 11.6 Å². The quantitative estimate of drug-likeness (QED) is 0.295. The summed E-state index contributed by atoms with van der Waals surface area (Å²) in [6, 6.07) is 14.1. The number of ether oxygens (including phenoxy) is 2. The van der Waals surface area contributed by atoms with Gasteiger partial charge in [-0.05, 0) is 50.1 Å². The van der Waals surface area contributed by atoms with Crippen molar-refractivity contribution in [2.75, 3.05) is 6.54 Å². The van der Waals surface area contributed by atoms with Gasteiger partial charge in [-0.3, -0.25) is 0 Å². The van der Waals surface area contributed by atoms with Crippen LogP contribution < -0.4 is 84.1 Å². The number of carbonyl (C=O) groups excluding carboxylic acids is 2. The molecule has 32 heavy (non-hydrogen) atoms. The van der Waals surface area contributed by atoms with Gasteiger partial charge >= 0.3 is 64.9 Å². The van der Waals surface area contributed by atoms with Crippen molar-refractivity contribution in [2.45, 2.75) is 38.2 Å². The maximum Gasteiger partial charge on any atom is 1.00 e. The first kappa shape index (κ1) is 31.2. The number of hydrogen-bond donors (Lipinski definition) is 2. The van der Waals surface area contributed by atoms with Gasteiger partial charge in [0.15, 0.2) is 11.5 Å². The number of aliphatic carboxylic acids is 2. The number of aliphatic hydroxyl groups is 1. The molecule has 0 aliphatic carbocycles. The molecule has 0 bridgehead atoms. The molecule has 0 saturated heterocycles. The van der Waals surface area contributed by atoms with Crippen LogP contribution in [0, 0.1) is 0 Å². The van der Waals surface area contributed by atoms with Gasteiger partial charge in [-0.1, -0.05) is 35.9 Å². The third-order valence-electron chi connectivity index (χ3n) is 4.09. The van der Waals surface area contributed by atoms with Gasteiger partial charge in [0, 0.05) is 17.6 Å². The average molecular weight is 482 g/mol. The van der Waals surface area contributed by atoms with Crippen molar-refractivity contribution in [1.29, 1.82) is 0 Å². The number of hydrogen-bond acceptors (Lipinski definition) is 8. The summed E-state index contributed by atoms with van der Waals surface area (Å²) in [6.07, 6.45) is 0.0912. The Kier molecular flexibility index (Phi) is 14.1. The fraction of sp³-hybridized carbons (Fsp3) is 0.333. The molecule has 2 atom stereocenters. The van der Waals surface area contributed by atoms with Crippen LogP contribution in [0.1, 0.15) is 19.4 Å². The van der Waals surface area contributed by atoms with Crippen molar-refractivity contribution in [1.82, 2.24) is 5.32 Å². The zero-order chi connectivity index (χ0) is 22.3. The first-order valence-electron chi connectivity index (χ1n) is 9.20. The normalized spacial score (nSPS) is 14.5. The van der Waals surface area contributed by atoms with Gasteiger partial charge in [0.1, 0.15) is 11.9 Å². The first-order chi connectivity index (χ1) is 14.1. The van der Waals surface area contributed by atoms with Crippen LogP contribution in [0.4, 0.5) is 0 Å². The van der Waals surface area contributed by atoms with E-state index < -0.39 is 23.8 Å². The standard InChI is InChI=1S/C15H19NO7.C6H5Cl.2Na/c1-8(16-7-9(2)17)5-10-3-4-11-12(6-10)23-15(22-11,13(18)19)14(20)21;7-6-4-2-1-3-5-6;;/h3-4,6,8-9,16-17H,5,7H2,1-2H3,(H,18,19)(H,20,21);1-5H;;/q;;2*+1/p-2/t8-,9?;;;/m1.../s1. The van der Waals surface area contributed by atoms with E-state index in [0.717, 1.165) is 10.6 Å². The summed E-state index contributed by atoms with van der Waals surface area (Å²) in [4.78, 5) is 22.1. The number of fused-ring (bicyclic) bond motifs is 1. The van der Waals surface area contributed by atoms with Crippen LogP contribution in [-0.2, 0) is 16.0 Å². The molecule has 0 spiro atoms. The number of aliphatic hydroxyl groups excluding tert-OH is 1. The van der Waals surface area contributed by atoms with Crippen molar-refractivity contribution in [3.05, 3.63) is 59.1 Å². The molecule has 3 rings (SSSR count). The van der Waals surface area contributed by atoms with Crippen molar-refractivity contribution in [2.24, 2.45) is 0 Å². The maximum atomic E-state index is 11.0. The summed E-state index contributed by atoms with van der Waals surface area (Å²) < 4.78 is 9.79. The predicted molar refractivity (Wildman–Crippen MR) is 105 cm³/mol. The van der Waals surface area contributed by atoms with E-state index in [9.17, 15) is 24.9 Å². The molecule has 0 radical (unpaired) electrons. The van der Waals surface area contributed by atoms with Gasteiger partial charge < -0.3 is 39.7 Å². The fourth-order valence-electron chi connectivity index (χ4n) is 2.64. The Morgan fingerprint density at radius 1 is 1.03 bits per heavy atom. The maximum absolute atomic E-state index is 11.0. The van der Waals surface area contributed by atoms with Crippen LogP contribution in [0.3, 0.4) is 0 Å². The molecule has 0 amide bonds. The van der Waals surface area contributed by atoms with Crippen molar-refractivity contribution < 1.29 is 93.5 Å². The summed E-state index contributed by atoms with van der Waals surface area (Å²) in [5.41, 5.74) is 0.783. The molecule has 1 heterocycles. The number of nitrogens with one attached hydrogen (secondary N) is 1. The summed E-state index contributed by atoms with van der Waals surface area (Å²) in [5.74, 6) is -7.05. The molecule has 162 valence electrons. The predicted octanol–water partition coefficient (Wildman–Crippen LogP) is -6.10. The Bertz CT molecular complexity index is 870. The molecule has 1 aliphatic rings. The molecule has 8 nitrogen and oxygen atoms in total. The van der Waals surface area contributed by atoms with Crippen molar-refractivity contribution in [3.8, 4) is 11.5 Å². The molecule has 0 saturated carbocycles. The number of carboxylic acid groups (broad SMARTS) is 2. The summed E-state index contributed by atoms with van der Waals surface area (Å²) in [6.45, 7) is 4.02. The van der Waals surface area contributed by atoms with Gasteiger partial charge in [-0.15, -0.1) is 0 Å². The molecule has 1 unspecified atom stereocenters. The molecule has 0 aromatic heterocycles. The number of halogens is 1. The number of rotatable bonds is 7. The van der Waals surface area contributed by atoms with E-state index in [1.165, 1.54) is 12.1 Å². The van der Waals surface area contributed by atoms with Crippen molar-refractivity contribution in [3.63, 3.8) is 0 Å². The van der Waals surface area contributed by atoms with Crippen LogP contribution in [0.15, 0.2) is 48.5 Å². The largest absolute Gasteiger partial charge is 1.00 e. The van der Waals surface area contributed by atoms with Gasteiger partial charge in [0.25, 0.3) is 0 Å². The molecule has 2 aromatic rings. The molecule has 11 heteroatoms. The van der Waals surface area contributed by atoms with Crippen LogP contribution in [0.5, 0.6) is 11.5 Å². The fourth-order valence-corrected chi connectivity index (χ4v) is 2.78. The average Bonchev–Trinajstić information content (AvgIpc) is 3.08. The minimum Gasteiger partial charge on any atom is -0.542 e. The third-order valence-corrected chi connectivity index (χ3v) is 4.34. The molecular weight excluding hydrogens is 460 g/mol. The van der Waals surface area contributed by atoms with E-state index >= 15 is 0 Å². The SMILES string of the molecule is CC(O)CN[C@H](C)Cc1ccc2c(c1)OC(C(=O)[O-])(C(=O)[O-])O2.Clc1ccccc1.[Na+].[Na+]. The van der Waals surface area contributed by atoms with Crippen LogP contribution in [0.25, 0.3) is 0 Å². The van der Waals surface area contributed by atoms with E-state index in [0.29, 0.717) is 13.0 Å². The summed E-state index contributed by atoms with van der Waals surface area (Å²) >= 11 is 5.54. The topological polar surface area (TPSA) is 131 Å². The molecule has 2 N–H and O–H groups in total. The second-order valence-electron chi connectivity index (χ2n) is 6.83. The van der Waals surface area contributed by atoms with E-state index in [-0.39, 0.29) is 76.7 Å². The Labute approximate surface area is 235 Å². The summed E-state index contributed by atoms with van der Waals surface area (Å²) in [7, 11) is 0. The van der Waals surface area contributed by atoms with E-state index in [1.807, 2.05) is 37.3 Å². The number of carbonyl (C=O) groups is 2. The van der Waals surface area contributed by atoms with Crippen LogP contribution in [0.2, 0.25) is 5.02 Å². The first-order valence-corrected chi connectivity index (χ1v) is 9.57. The third kappa shape index (κ3) is 8.85. The van der Waals surface area contributed by atoms with Gasteiger partial charge in [0.2, 0.25) is 0 Å². The number of benzene rings is 2. The van der Waals surface area contributed by atoms with Gasteiger partial charge in [0.05, 0.1) is 6.10 Å². The zero-order valence-electron chi connectivity index (χ0n) is 18.5. The smallest absolute Gasteiger partial charge is 0.542 e. The zero-order valence-corrected chi connectivity index (χ0v) is 23.2. The van der Waals surface area contributed by atoms with E-state index in [4.69, 9.17) is 21.1 Å².